The Bertz CT molecular complexity index is 790. The molecule has 0 aliphatic rings. The number of nitrogens with one attached hydrogen (secondary N) is 2. The summed E-state index contributed by atoms with van der Waals surface area (Å²) in [6, 6.07) is 14.3. The number of hydrazine groups is 1. The third-order valence-corrected chi connectivity index (χ3v) is 4.56. The van der Waals surface area contributed by atoms with Crippen LogP contribution >= 0.6 is 0 Å². The van der Waals surface area contributed by atoms with Crippen LogP contribution in [0.4, 0.5) is 0 Å². The Morgan fingerprint density at radius 2 is 1.50 bits per heavy atom. The molecule has 2 aromatic rings. The number of hydrogen-bond donors (Lipinski definition) is 2. The molecule has 2 amide bonds. The van der Waals surface area contributed by atoms with Crippen LogP contribution in [0, 0.1) is 0 Å². The van der Waals surface area contributed by atoms with Crippen LogP contribution in [0.15, 0.2) is 48.5 Å². The van der Waals surface area contributed by atoms with Crippen LogP contribution in [0.3, 0.4) is 0 Å². The second-order valence-corrected chi connectivity index (χ2v) is 6.74. The highest BCUT2D eigenvalue weighted by atomic mass is 16.5. The van der Waals surface area contributed by atoms with Crippen molar-refractivity contribution in [2.45, 2.75) is 33.1 Å². The number of amides is 2. The minimum Gasteiger partial charge on any atom is -0.491 e. The van der Waals surface area contributed by atoms with E-state index in [4.69, 9.17) is 14.2 Å². The van der Waals surface area contributed by atoms with Crippen LogP contribution in [0.5, 0.6) is 11.5 Å². The highest BCUT2D eigenvalue weighted by Crippen LogP contribution is 2.21. The van der Waals surface area contributed by atoms with Gasteiger partial charge in [-0.2, -0.15) is 0 Å². The fraction of sp³-hybridized carbons (Fsp3) is 0.391. The first-order valence-electron chi connectivity index (χ1n) is 10.2. The van der Waals surface area contributed by atoms with Crippen LogP contribution in [0.1, 0.15) is 49.0 Å². The van der Waals surface area contributed by atoms with E-state index in [1.165, 1.54) is 5.56 Å². The Hall–Kier alpha value is -3.06. The Balaban J connectivity index is 1.71. The second kappa shape index (κ2) is 12.5. The summed E-state index contributed by atoms with van der Waals surface area (Å²) in [5.74, 6) is 0.840. The van der Waals surface area contributed by atoms with E-state index >= 15 is 0 Å². The molecule has 0 saturated carbocycles. The first-order chi connectivity index (χ1) is 14.5. The van der Waals surface area contributed by atoms with E-state index in [-0.39, 0.29) is 6.61 Å². The lowest BCUT2D eigenvalue weighted by atomic mass is 9.99. The summed E-state index contributed by atoms with van der Waals surface area (Å²) >= 11 is 0. The smallest absolute Gasteiger partial charge is 0.276 e. The Labute approximate surface area is 177 Å². The van der Waals surface area contributed by atoms with Crippen molar-refractivity contribution in [1.82, 2.24) is 10.9 Å². The van der Waals surface area contributed by atoms with Crippen LogP contribution in [0.25, 0.3) is 0 Å². The van der Waals surface area contributed by atoms with Gasteiger partial charge in [0, 0.05) is 12.2 Å². The zero-order chi connectivity index (χ0) is 21.8. The molecule has 0 spiro atoms. The number of hydrogen-bond acceptors (Lipinski definition) is 5. The molecule has 0 aliphatic carbocycles. The summed E-state index contributed by atoms with van der Waals surface area (Å²) in [5.41, 5.74) is 6.33. The van der Waals surface area contributed by atoms with Gasteiger partial charge in [-0.15, -0.1) is 0 Å². The lowest BCUT2D eigenvalue weighted by molar-refractivity contribution is -0.123. The van der Waals surface area contributed by atoms with Gasteiger partial charge in [0.1, 0.15) is 18.1 Å². The summed E-state index contributed by atoms with van der Waals surface area (Å²) in [6.45, 7) is 7.61. The zero-order valence-corrected chi connectivity index (χ0v) is 17.8. The van der Waals surface area contributed by atoms with Crippen molar-refractivity contribution in [3.8, 4) is 11.5 Å². The standard InChI is InChI=1S/C23H30N2O5/c1-4-17(3)18-6-10-21(11-7-18)30-16-22(26)24-25-23(27)19-8-12-20(13-9-19)29-15-14-28-5-2/h6-13,17H,4-5,14-16H2,1-3H3,(H,24,26)(H,25,27). The molecule has 0 fully saturated rings. The Morgan fingerprint density at radius 3 is 2.13 bits per heavy atom. The number of ether oxygens (including phenoxy) is 3. The van der Waals surface area contributed by atoms with E-state index in [1.807, 2.05) is 31.2 Å². The van der Waals surface area contributed by atoms with Crippen LogP contribution in [-0.2, 0) is 9.53 Å². The number of carbonyl (C=O) groups is 2. The van der Waals surface area contributed by atoms with Crippen molar-refractivity contribution in [1.29, 1.82) is 0 Å². The summed E-state index contributed by atoms with van der Waals surface area (Å²) in [4.78, 5) is 24.1. The van der Waals surface area contributed by atoms with Gasteiger partial charge in [0.2, 0.25) is 0 Å². The van der Waals surface area contributed by atoms with E-state index in [2.05, 4.69) is 24.7 Å². The molecule has 7 nitrogen and oxygen atoms in total. The third kappa shape index (κ3) is 7.75. The van der Waals surface area contributed by atoms with Crippen molar-refractivity contribution in [3.63, 3.8) is 0 Å². The first kappa shape index (κ1) is 23.2. The van der Waals surface area contributed by atoms with E-state index in [0.29, 0.717) is 42.8 Å². The van der Waals surface area contributed by atoms with Gasteiger partial charge in [0.15, 0.2) is 6.61 Å². The third-order valence-electron chi connectivity index (χ3n) is 4.56. The second-order valence-electron chi connectivity index (χ2n) is 6.74. The van der Waals surface area contributed by atoms with E-state index in [1.54, 1.807) is 24.3 Å². The fourth-order valence-corrected chi connectivity index (χ4v) is 2.58. The van der Waals surface area contributed by atoms with Gasteiger partial charge in [0.25, 0.3) is 11.8 Å². The number of carbonyl (C=O) groups excluding carboxylic acids is 2. The highest BCUT2D eigenvalue weighted by molar-refractivity contribution is 5.95. The van der Waals surface area contributed by atoms with Gasteiger partial charge in [0.05, 0.1) is 6.61 Å². The lowest BCUT2D eigenvalue weighted by Gasteiger charge is -2.11. The molecular weight excluding hydrogens is 384 g/mol. The molecule has 0 aliphatic heterocycles. The Kier molecular flexibility index (Phi) is 9.67. The molecule has 0 radical (unpaired) electrons. The van der Waals surface area contributed by atoms with Crippen LogP contribution < -0.4 is 20.3 Å². The Morgan fingerprint density at radius 1 is 0.867 bits per heavy atom. The minimum atomic E-state index is -0.453. The zero-order valence-electron chi connectivity index (χ0n) is 17.8. The summed E-state index contributed by atoms with van der Waals surface area (Å²) in [5, 5.41) is 0. The molecule has 0 bridgehead atoms. The summed E-state index contributed by atoms with van der Waals surface area (Å²) in [7, 11) is 0. The van der Waals surface area contributed by atoms with Crippen molar-refractivity contribution < 1.29 is 23.8 Å². The highest BCUT2D eigenvalue weighted by Gasteiger charge is 2.09. The number of benzene rings is 2. The molecular formula is C23H30N2O5. The summed E-state index contributed by atoms with van der Waals surface area (Å²) < 4.78 is 16.2. The van der Waals surface area contributed by atoms with Gasteiger partial charge in [-0.05, 0) is 61.2 Å². The van der Waals surface area contributed by atoms with E-state index in [0.717, 1.165) is 6.42 Å². The van der Waals surface area contributed by atoms with Crippen molar-refractivity contribution in [2.75, 3.05) is 26.4 Å². The average molecular weight is 415 g/mol. The largest absolute Gasteiger partial charge is 0.491 e. The van der Waals surface area contributed by atoms with Crippen molar-refractivity contribution >= 4 is 11.8 Å². The molecule has 30 heavy (non-hydrogen) atoms. The molecule has 0 heterocycles. The molecule has 2 rings (SSSR count). The van der Waals surface area contributed by atoms with Gasteiger partial charge >= 0.3 is 0 Å². The number of rotatable bonds is 11. The van der Waals surface area contributed by atoms with Gasteiger partial charge in [-0.25, -0.2) is 0 Å². The van der Waals surface area contributed by atoms with Crippen molar-refractivity contribution in [2.24, 2.45) is 0 Å². The molecule has 0 saturated heterocycles. The van der Waals surface area contributed by atoms with Crippen LogP contribution in [0.2, 0.25) is 0 Å². The topological polar surface area (TPSA) is 85.9 Å². The van der Waals surface area contributed by atoms with Gasteiger partial charge < -0.3 is 14.2 Å². The molecule has 1 unspecified atom stereocenters. The maximum absolute atomic E-state index is 12.1. The van der Waals surface area contributed by atoms with Gasteiger partial charge in [-0.3, -0.25) is 20.4 Å². The lowest BCUT2D eigenvalue weighted by Crippen LogP contribution is -2.43. The fourth-order valence-electron chi connectivity index (χ4n) is 2.58. The monoisotopic (exact) mass is 414 g/mol. The van der Waals surface area contributed by atoms with Crippen LogP contribution in [-0.4, -0.2) is 38.2 Å². The first-order valence-corrected chi connectivity index (χ1v) is 10.2. The maximum atomic E-state index is 12.1. The van der Waals surface area contributed by atoms with E-state index < -0.39 is 11.8 Å². The molecule has 0 aromatic heterocycles. The predicted molar refractivity (Wildman–Crippen MR) is 115 cm³/mol. The van der Waals surface area contributed by atoms with Crippen molar-refractivity contribution in [3.05, 3.63) is 59.7 Å². The predicted octanol–water partition coefficient (Wildman–Crippen LogP) is 3.46. The minimum absolute atomic E-state index is 0.199. The van der Waals surface area contributed by atoms with Gasteiger partial charge in [-0.1, -0.05) is 26.0 Å². The molecule has 2 N–H and O–H groups in total. The quantitative estimate of drug-likeness (QED) is 0.434. The molecule has 1 atom stereocenters. The van der Waals surface area contributed by atoms with E-state index in [9.17, 15) is 9.59 Å². The normalized spacial score (nSPS) is 11.4. The summed E-state index contributed by atoms with van der Waals surface area (Å²) in [6.07, 6.45) is 1.06. The molecule has 7 heteroatoms. The average Bonchev–Trinajstić information content (AvgIpc) is 2.79. The maximum Gasteiger partial charge on any atom is 0.276 e. The SMILES string of the molecule is CCOCCOc1ccc(C(=O)NNC(=O)COc2ccc(C(C)CC)cc2)cc1. The molecule has 2 aromatic carbocycles. The molecule has 162 valence electrons.